The van der Waals surface area contributed by atoms with E-state index in [1.54, 1.807) is 18.2 Å². The fourth-order valence-electron chi connectivity index (χ4n) is 2.72. The van der Waals surface area contributed by atoms with Crippen LogP contribution in [0.3, 0.4) is 0 Å². The number of hydrogen-bond donors (Lipinski definition) is 3. The number of rotatable bonds is 4. The summed E-state index contributed by atoms with van der Waals surface area (Å²) in [6.07, 6.45) is -5.64. The molecule has 1 amide bonds. The number of benzene rings is 2. The first kappa shape index (κ1) is 18.8. The number of fused-ring (bicyclic) bond motifs is 1. The van der Waals surface area contributed by atoms with Crippen LogP contribution >= 0.6 is 12.2 Å². The third-order valence-corrected chi connectivity index (χ3v) is 4.15. The average molecular weight is 393 g/mol. The Morgan fingerprint density at radius 2 is 1.81 bits per heavy atom. The monoisotopic (exact) mass is 393 g/mol. The molecule has 140 valence electrons. The first-order valence-electron chi connectivity index (χ1n) is 7.92. The van der Waals surface area contributed by atoms with Gasteiger partial charge in [0.15, 0.2) is 4.77 Å². The highest BCUT2D eigenvalue weighted by Crippen LogP contribution is 2.29. The molecule has 27 heavy (non-hydrogen) atoms. The van der Waals surface area contributed by atoms with Crippen LogP contribution in [0.2, 0.25) is 0 Å². The standard InChI is InChI=1S/C18H14F3N3O2S/c19-18(20,21)9-14(10-4-2-1-3-5-10)22-15(25)11-6-7-12-13(8-11)23-17(27)24-16(12)26/h1-8,14H,9H2,(H,22,25)(H2,23,24,26,27). The molecule has 1 unspecified atom stereocenters. The van der Waals surface area contributed by atoms with Gasteiger partial charge in [-0.05, 0) is 36.0 Å². The molecule has 2 aromatic carbocycles. The Balaban J connectivity index is 1.92. The van der Waals surface area contributed by atoms with E-state index in [4.69, 9.17) is 12.2 Å². The fraction of sp³-hybridized carbons (Fsp3) is 0.167. The summed E-state index contributed by atoms with van der Waals surface area (Å²) in [5.74, 6) is -0.686. The summed E-state index contributed by atoms with van der Waals surface area (Å²) >= 11 is 4.89. The summed E-state index contributed by atoms with van der Waals surface area (Å²) in [5, 5.41) is 2.70. The Labute approximate surface area is 156 Å². The number of amides is 1. The lowest BCUT2D eigenvalue weighted by Crippen LogP contribution is -2.32. The lowest BCUT2D eigenvalue weighted by atomic mass is 10.0. The molecule has 0 spiro atoms. The zero-order valence-corrected chi connectivity index (χ0v) is 14.6. The summed E-state index contributed by atoms with van der Waals surface area (Å²) in [4.78, 5) is 29.5. The van der Waals surface area contributed by atoms with Crippen molar-refractivity contribution in [1.29, 1.82) is 0 Å². The fourth-order valence-corrected chi connectivity index (χ4v) is 2.92. The normalized spacial score (nSPS) is 12.7. The van der Waals surface area contributed by atoms with Crippen molar-refractivity contribution >= 4 is 29.0 Å². The number of nitrogens with one attached hydrogen (secondary N) is 3. The number of carbonyl (C=O) groups excluding carboxylic acids is 1. The maximum absolute atomic E-state index is 12.9. The van der Waals surface area contributed by atoms with Crippen LogP contribution in [0.4, 0.5) is 13.2 Å². The van der Waals surface area contributed by atoms with Gasteiger partial charge in [-0.3, -0.25) is 14.6 Å². The Bertz CT molecular complexity index is 1090. The van der Waals surface area contributed by atoms with Crippen LogP contribution in [0.5, 0.6) is 0 Å². The number of alkyl halides is 3. The van der Waals surface area contributed by atoms with Crippen LogP contribution in [0.15, 0.2) is 53.3 Å². The number of aromatic nitrogens is 2. The second kappa shape index (κ2) is 7.36. The second-order valence-corrected chi connectivity index (χ2v) is 6.33. The number of H-pyrrole nitrogens is 2. The Kier molecular flexibility index (Phi) is 5.13. The van der Waals surface area contributed by atoms with Crippen LogP contribution in [-0.4, -0.2) is 22.1 Å². The summed E-state index contributed by atoms with van der Waals surface area (Å²) in [6.45, 7) is 0. The van der Waals surface area contributed by atoms with Gasteiger partial charge in [0.2, 0.25) is 0 Å². The number of halogens is 3. The minimum atomic E-state index is -4.45. The van der Waals surface area contributed by atoms with Crippen molar-refractivity contribution in [3.8, 4) is 0 Å². The van der Waals surface area contributed by atoms with Crippen LogP contribution < -0.4 is 10.9 Å². The molecule has 5 nitrogen and oxygen atoms in total. The van der Waals surface area contributed by atoms with Gasteiger partial charge in [0.05, 0.1) is 23.4 Å². The molecule has 3 rings (SSSR count). The van der Waals surface area contributed by atoms with Crippen molar-refractivity contribution in [3.63, 3.8) is 0 Å². The average Bonchev–Trinajstić information content (AvgIpc) is 2.60. The van der Waals surface area contributed by atoms with Gasteiger partial charge < -0.3 is 10.3 Å². The topological polar surface area (TPSA) is 77.8 Å². The molecule has 0 fully saturated rings. The van der Waals surface area contributed by atoms with E-state index in [2.05, 4.69) is 15.3 Å². The minimum absolute atomic E-state index is 0.0873. The van der Waals surface area contributed by atoms with Crippen molar-refractivity contribution in [2.45, 2.75) is 18.6 Å². The summed E-state index contributed by atoms with van der Waals surface area (Å²) in [6, 6.07) is 10.9. The number of carbonyl (C=O) groups is 1. The van der Waals surface area contributed by atoms with E-state index in [9.17, 15) is 22.8 Å². The van der Waals surface area contributed by atoms with Crippen LogP contribution in [0.1, 0.15) is 28.4 Å². The zero-order chi connectivity index (χ0) is 19.6. The van der Waals surface area contributed by atoms with Crippen LogP contribution in [0, 0.1) is 4.77 Å². The van der Waals surface area contributed by atoms with Gasteiger partial charge >= 0.3 is 6.18 Å². The van der Waals surface area contributed by atoms with E-state index in [1.807, 2.05) is 0 Å². The molecule has 1 heterocycles. The predicted octanol–water partition coefficient (Wildman–Crippen LogP) is 4.01. The molecule has 1 aromatic heterocycles. The SMILES string of the molecule is O=C(NC(CC(F)(F)F)c1ccccc1)c1ccc2c(=O)[nH]c(=S)[nH]c2c1. The molecule has 0 saturated heterocycles. The molecular weight excluding hydrogens is 379 g/mol. The van der Waals surface area contributed by atoms with Crippen molar-refractivity contribution in [1.82, 2.24) is 15.3 Å². The molecule has 3 aromatic rings. The van der Waals surface area contributed by atoms with Crippen molar-refractivity contribution in [2.75, 3.05) is 0 Å². The summed E-state index contributed by atoms with van der Waals surface area (Å²) in [7, 11) is 0. The first-order chi connectivity index (χ1) is 12.7. The van der Waals surface area contributed by atoms with Gasteiger partial charge in [-0.1, -0.05) is 30.3 Å². The van der Waals surface area contributed by atoms with E-state index in [0.717, 1.165) is 0 Å². The maximum Gasteiger partial charge on any atom is 0.391 e. The highest BCUT2D eigenvalue weighted by atomic mass is 32.1. The molecule has 0 saturated carbocycles. The molecule has 0 aliphatic heterocycles. The lowest BCUT2D eigenvalue weighted by Gasteiger charge is -2.21. The number of hydrogen-bond acceptors (Lipinski definition) is 3. The van der Waals surface area contributed by atoms with Crippen molar-refractivity contribution in [2.24, 2.45) is 0 Å². The van der Waals surface area contributed by atoms with E-state index in [1.165, 1.54) is 30.3 Å². The molecule has 0 bridgehead atoms. The lowest BCUT2D eigenvalue weighted by molar-refractivity contribution is -0.139. The van der Waals surface area contributed by atoms with Gasteiger partial charge in [0.25, 0.3) is 11.5 Å². The van der Waals surface area contributed by atoms with E-state index in [0.29, 0.717) is 11.1 Å². The van der Waals surface area contributed by atoms with Crippen molar-refractivity contribution < 1.29 is 18.0 Å². The second-order valence-electron chi connectivity index (χ2n) is 5.92. The summed E-state index contributed by atoms with van der Waals surface area (Å²) < 4.78 is 38.9. The van der Waals surface area contributed by atoms with Gasteiger partial charge in [0, 0.05) is 5.56 Å². The molecule has 1 atom stereocenters. The smallest absolute Gasteiger partial charge is 0.345 e. The number of aromatic amines is 2. The largest absolute Gasteiger partial charge is 0.391 e. The Morgan fingerprint density at radius 1 is 1.11 bits per heavy atom. The Hall–Kier alpha value is -2.94. The predicted molar refractivity (Wildman–Crippen MR) is 97.1 cm³/mol. The molecule has 3 N–H and O–H groups in total. The van der Waals surface area contributed by atoms with E-state index in [-0.39, 0.29) is 15.7 Å². The van der Waals surface area contributed by atoms with Crippen molar-refractivity contribution in [3.05, 3.63) is 74.8 Å². The van der Waals surface area contributed by atoms with Crippen LogP contribution in [0.25, 0.3) is 10.9 Å². The Morgan fingerprint density at radius 3 is 2.48 bits per heavy atom. The van der Waals surface area contributed by atoms with Gasteiger partial charge in [-0.25, -0.2) is 0 Å². The quantitative estimate of drug-likeness (QED) is 0.586. The molecular formula is C18H14F3N3O2S. The van der Waals surface area contributed by atoms with Gasteiger partial charge in [-0.2, -0.15) is 13.2 Å². The highest BCUT2D eigenvalue weighted by molar-refractivity contribution is 7.71. The van der Waals surface area contributed by atoms with E-state index < -0.39 is 30.1 Å². The third kappa shape index (κ3) is 4.62. The molecule has 9 heteroatoms. The zero-order valence-electron chi connectivity index (χ0n) is 13.8. The van der Waals surface area contributed by atoms with Crippen LogP contribution in [-0.2, 0) is 0 Å². The first-order valence-corrected chi connectivity index (χ1v) is 8.33. The molecule has 0 aliphatic rings. The molecule has 0 radical (unpaired) electrons. The van der Waals surface area contributed by atoms with E-state index >= 15 is 0 Å². The van der Waals surface area contributed by atoms with Gasteiger partial charge in [-0.15, -0.1) is 0 Å². The minimum Gasteiger partial charge on any atom is -0.345 e. The highest BCUT2D eigenvalue weighted by Gasteiger charge is 2.33. The maximum atomic E-state index is 12.9. The van der Waals surface area contributed by atoms with Gasteiger partial charge in [0.1, 0.15) is 0 Å². The third-order valence-electron chi connectivity index (χ3n) is 3.94. The summed E-state index contributed by atoms with van der Waals surface area (Å²) in [5.41, 5.74) is 0.366. The molecule has 0 aliphatic carbocycles.